The molecule has 0 amide bonds. The van der Waals surface area contributed by atoms with Crippen LogP contribution in [0.5, 0.6) is 5.75 Å². The highest BCUT2D eigenvalue weighted by molar-refractivity contribution is 5.66. The van der Waals surface area contributed by atoms with Crippen LogP contribution in [0.15, 0.2) is 36.4 Å². The molecule has 3 aromatic rings. The summed E-state index contributed by atoms with van der Waals surface area (Å²) in [4.78, 5) is 0. The van der Waals surface area contributed by atoms with Crippen LogP contribution in [0.2, 0.25) is 0 Å². The first-order valence-electron chi connectivity index (χ1n) is 16.8. The largest absolute Gasteiger partial charge is 0.490 e. The molecule has 0 saturated heterocycles. The molecule has 0 bridgehead atoms. The van der Waals surface area contributed by atoms with Gasteiger partial charge in [-0.1, -0.05) is 51.0 Å². The van der Waals surface area contributed by atoms with Gasteiger partial charge in [-0.05, 0) is 123 Å². The van der Waals surface area contributed by atoms with Gasteiger partial charge in [0.05, 0.1) is 6.61 Å². The van der Waals surface area contributed by atoms with Gasteiger partial charge in [0, 0.05) is 11.1 Å². The van der Waals surface area contributed by atoms with Crippen molar-refractivity contribution in [3.8, 4) is 16.9 Å². The second kappa shape index (κ2) is 15.1. The molecule has 2 fully saturated rings. The van der Waals surface area contributed by atoms with Crippen LogP contribution >= 0.6 is 0 Å². The molecule has 0 aromatic heterocycles. The van der Waals surface area contributed by atoms with Crippen LogP contribution in [0.1, 0.15) is 107 Å². The van der Waals surface area contributed by atoms with Gasteiger partial charge < -0.3 is 4.74 Å². The third-order valence-corrected chi connectivity index (χ3v) is 10.4. The Balaban J connectivity index is 1.12. The number of rotatable bonds is 11. The normalized spacial score (nSPS) is 22.0. The number of halogens is 6. The highest BCUT2D eigenvalue weighted by Gasteiger charge is 2.33. The molecule has 0 N–H and O–H groups in total. The van der Waals surface area contributed by atoms with Crippen molar-refractivity contribution in [2.24, 2.45) is 17.8 Å². The van der Waals surface area contributed by atoms with Gasteiger partial charge in [-0.3, -0.25) is 0 Å². The highest BCUT2D eigenvalue weighted by Crippen LogP contribution is 2.45. The van der Waals surface area contributed by atoms with E-state index in [0.29, 0.717) is 35.8 Å². The van der Waals surface area contributed by atoms with E-state index in [1.54, 1.807) is 12.1 Å². The third-order valence-electron chi connectivity index (χ3n) is 10.4. The minimum absolute atomic E-state index is 0.0542. The van der Waals surface area contributed by atoms with Crippen LogP contribution < -0.4 is 4.74 Å². The summed E-state index contributed by atoms with van der Waals surface area (Å²) < 4.78 is 94.3. The molecule has 3 aromatic carbocycles. The average molecular weight is 631 g/mol. The fourth-order valence-electron chi connectivity index (χ4n) is 7.54. The van der Waals surface area contributed by atoms with Crippen molar-refractivity contribution in [3.05, 3.63) is 88.0 Å². The SMILES string of the molecule is CCCCCc1ccc(-c2ccc(OCC3CCC(C4CCC(c5ccc(CC)c(F)c5F)CC4)CC3)c(F)c2F)c(F)c1F. The molecule has 0 aliphatic heterocycles. The summed E-state index contributed by atoms with van der Waals surface area (Å²) in [6.45, 7) is 4.10. The van der Waals surface area contributed by atoms with Gasteiger partial charge in [-0.25, -0.2) is 22.0 Å². The van der Waals surface area contributed by atoms with Crippen LogP contribution in [0.25, 0.3) is 11.1 Å². The van der Waals surface area contributed by atoms with Crippen LogP contribution in [-0.4, -0.2) is 6.61 Å². The zero-order valence-electron chi connectivity index (χ0n) is 26.3. The maximum absolute atomic E-state index is 15.1. The van der Waals surface area contributed by atoms with Crippen LogP contribution in [-0.2, 0) is 12.8 Å². The Hall–Kier alpha value is -2.96. The van der Waals surface area contributed by atoms with Gasteiger partial charge >= 0.3 is 0 Å². The monoisotopic (exact) mass is 630 g/mol. The molecule has 2 aliphatic carbocycles. The van der Waals surface area contributed by atoms with Crippen molar-refractivity contribution in [3.63, 3.8) is 0 Å². The average Bonchev–Trinajstić information content (AvgIpc) is 3.06. The van der Waals surface area contributed by atoms with E-state index in [0.717, 1.165) is 70.6 Å². The van der Waals surface area contributed by atoms with Gasteiger partial charge in [0.1, 0.15) is 0 Å². The summed E-state index contributed by atoms with van der Waals surface area (Å²) in [5.41, 5.74) is 0.513. The van der Waals surface area contributed by atoms with E-state index in [1.807, 2.05) is 13.8 Å². The molecule has 5 rings (SSSR count). The molecule has 0 radical (unpaired) electrons. The Bertz CT molecular complexity index is 1450. The lowest BCUT2D eigenvalue weighted by Crippen LogP contribution is -2.27. The molecule has 0 unspecified atom stereocenters. The molecule has 1 nitrogen and oxygen atoms in total. The number of unbranched alkanes of at least 4 members (excludes halogenated alkanes) is 2. The van der Waals surface area contributed by atoms with Gasteiger partial charge in [-0.15, -0.1) is 0 Å². The van der Waals surface area contributed by atoms with Crippen molar-refractivity contribution < 1.29 is 31.1 Å². The Morgan fingerprint density at radius 3 is 1.80 bits per heavy atom. The smallest absolute Gasteiger partial charge is 0.201 e. The van der Waals surface area contributed by atoms with Crippen LogP contribution in [0.3, 0.4) is 0 Å². The van der Waals surface area contributed by atoms with E-state index in [2.05, 4.69) is 0 Å². The van der Waals surface area contributed by atoms with Crippen molar-refractivity contribution in [2.75, 3.05) is 6.61 Å². The van der Waals surface area contributed by atoms with Gasteiger partial charge in [0.15, 0.2) is 34.8 Å². The molecule has 0 spiro atoms. The van der Waals surface area contributed by atoms with Crippen molar-refractivity contribution in [2.45, 2.75) is 103 Å². The quantitative estimate of drug-likeness (QED) is 0.151. The number of aryl methyl sites for hydroxylation is 2. The fraction of sp³-hybridized carbons (Fsp3) is 0.526. The predicted molar refractivity (Wildman–Crippen MR) is 166 cm³/mol. The van der Waals surface area contributed by atoms with E-state index in [1.165, 1.54) is 24.3 Å². The van der Waals surface area contributed by atoms with Gasteiger partial charge in [0.2, 0.25) is 5.82 Å². The minimum atomic E-state index is -1.26. The van der Waals surface area contributed by atoms with E-state index in [-0.39, 0.29) is 40.9 Å². The molecule has 45 heavy (non-hydrogen) atoms. The summed E-state index contributed by atoms with van der Waals surface area (Å²) in [6.07, 6.45) is 11.0. The lowest BCUT2D eigenvalue weighted by Gasteiger charge is -2.38. The Labute approximate surface area is 263 Å². The molecular weight excluding hydrogens is 586 g/mol. The third kappa shape index (κ3) is 7.38. The van der Waals surface area contributed by atoms with Crippen molar-refractivity contribution in [1.29, 1.82) is 0 Å². The van der Waals surface area contributed by atoms with Gasteiger partial charge in [0.25, 0.3) is 0 Å². The standard InChI is InChI=1S/C38H44F6O/c1-3-5-6-7-28-17-19-30(36(42)34(28)40)31-20-21-32(38(44)37(31)43)45-22-23-8-10-25(11-9-23)26-12-14-27(15-13-26)29-18-16-24(4-2)33(39)35(29)41/h16-21,23,25-27H,3-15,22H2,1-2H3. The minimum Gasteiger partial charge on any atom is -0.490 e. The first kappa shape index (κ1) is 33.4. The second-order valence-electron chi connectivity index (χ2n) is 13.1. The second-order valence-corrected chi connectivity index (χ2v) is 13.1. The molecule has 2 aliphatic rings. The number of hydrogen-bond acceptors (Lipinski definition) is 1. The fourth-order valence-corrected chi connectivity index (χ4v) is 7.54. The molecule has 244 valence electrons. The lowest BCUT2D eigenvalue weighted by molar-refractivity contribution is 0.129. The Kier molecular flexibility index (Phi) is 11.2. The van der Waals surface area contributed by atoms with Crippen LogP contribution in [0.4, 0.5) is 26.3 Å². The predicted octanol–water partition coefficient (Wildman–Crippen LogP) is 11.6. The van der Waals surface area contributed by atoms with E-state index >= 15 is 8.78 Å². The molecule has 7 heteroatoms. The molecule has 2 saturated carbocycles. The molecule has 0 heterocycles. The Morgan fingerprint density at radius 1 is 0.578 bits per heavy atom. The number of hydrogen-bond donors (Lipinski definition) is 0. The maximum atomic E-state index is 15.1. The summed E-state index contributed by atoms with van der Waals surface area (Å²) in [5, 5.41) is 0. The summed E-state index contributed by atoms with van der Waals surface area (Å²) in [6, 6.07) is 8.76. The van der Waals surface area contributed by atoms with Crippen molar-refractivity contribution >= 4 is 0 Å². The molecule has 0 atom stereocenters. The number of benzene rings is 3. The first-order chi connectivity index (χ1) is 21.7. The Morgan fingerprint density at radius 2 is 1.16 bits per heavy atom. The van der Waals surface area contributed by atoms with Crippen molar-refractivity contribution in [1.82, 2.24) is 0 Å². The maximum Gasteiger partial charge on any atom is 0.201 e. The number of ether oxygens (including phenoxy) is 1. The van der Waals surface area contributed by atoms with Crippen LogP contribution in [0, 0.1) is 52.7 Å². The summed E-state index contributed by atoms with van der Waals surface area (Å²) >= 11 is 0. The molecular formula is C38H44F6O. The van der Waals surface area contributed by atoms with E-state index in [4.69, 9.17) is 4.74 Å². The lowest BCUT2D eigenvalue weighted by atomic mass is 9.68. The topological polar surface area (TPSA) is 9.23 Å². The zero-order valence-corrected chi connectivity index (χ0v) is 26.3. The van der Waals surface area contributed by atoms with E-state index < -0.39 is 34.9 Å². The summed E-state index contributed by atoms with van der Waals surface area (Å²) in [5.74, 6) is -4.89. The van der Waals surface area contributed by atoms with E-state index in [9.17, 15) is 17.6 Å². The zero-order chi connectivity index (χ0) is 32.1. The summed E-state index contributed by atoms with van der Waals surface area (Å²) in [7, 11) is 0. The van der Waals surface area contributed by atoms with Gasteiger partial charge in [-0.2, -0.15) is 4.39 Å². The first-order valence-corrected chi connectivity index (χ1v) is 16.8. The highest BCUT2D eigenvalue weighted by atomic mass is 19.2.